The number of carbonyl (C=O) groups is 4. The molecule has 0 spiro atoms. The first-order valence-electron chi connectivity index (χ1n) is 11.4. The Kier molecular flexibility index (Phi) is 21.8. The van der Waals surface area contributed by atoms with E-state index in [1.165, 1.54) is 14.0 Å². The normalized spacial score (nSPS) is 10.3. The predicted molar refractivity (Wildman–Crippen MR) is 137 cm³/mol. The molecule has 7 heteroatoms. The average Bonchev–Trinajstić information content (AvgIpc) is 2.83. The molecule has 0 radical (unpaired) electrons. The van der Waals surface area contributed by atoms with Crippen LogP contribution < -0.4 is 10.7 Å². The van der Waals surface area contributed by atoms with Gasteiger partial charge in [-0.1, -0.05) is 79.2 Å². The van der Waals surface area contributed by atoms with Gasteiger partial charge in [0.2, 0.25) is 11.8 Å². The molecular formula is C26H43N3O4. The highest BCUT2D eigenvalue weighted by atomic mass is 16.2. The highest BCUT2D eigenvalue weighted by Gasteiger charge is 2.26. The van der Waals surface area contributed by atoms with Crippen LogP contribution >= 0.6 is 0 Å². The van der Waals surface area contributed by atoms with E-state index in [-0.39, 0.29) is 17.6 Å². The van der Waals surface area contributed by atoms with Crippen LogP contribution in [0.3, 0.4) is 0 Å². The molecule has 1 rings (SSSR count). The fourth-order valence-corrected chi connectivity index (χ4v) is 2.25. The summed E-state index contributed by atoms with van der Waals surface area (Å²) in [5, 5.41) is 6.46. The minimum atomic E-state index is -0.420. The molecule has 1 aromatic carbocycles. The molecule has 0 aliphatic rings. The Morgan fingerprint density at radius 3 is 1.85 bits per heavy atom. The Morgan fingerprint density at radius 1 is 0.970 bits per heavy atom. The summed E-state index contributed by atoms with van der Waals surface area (Å²) in [7, 11) is 1.50. The minimum absolute atomic E-state index is 0.0331. The maximum atomic E-state index is 12.1. The van der Waals surface area contributed by atoms with Crippen molar-refractivity contribution >= 4 is 29.6 Å². The van der Waals surface area contributed by atoms with Crippen LogP contribution in [0.4, 0.5) is 0 Å². The van der Waals surface area contributed by atoms with Gasteiger partial charge in [0.05, 0.1) is 5.71 Å². The van der Waals surface area contributed by atoms with Crippen LogP contribution in [0.2, 0.25) is 0 Å². The second kappa shape index (κ2) is 20.8. The van der Waals surface area contributed by atoms with Gasteiger partial charge in [-0.3, -0.25) is 19.2 Å². The van der Waals surface area contributed by atoms with Crippen molar-refractivity contribution in [3.05, 3.63) is 47.5 Å². The Hall–Kier alpha value is -3.09. The molecule has 0 aromatic heterocycles. The largest absolute Gasteiger partial charge is 0.356 e. The summed E-state index contributed by atoms with van der Waals surface area (Å²) in [5.41, 5.74) is 4.47. The van der Waals surface area contributed by atoms with Crippen LogP contribution in [-0.2, 0) is 14.4 Å². The molecular weight excluding hydrogens is 418 g/mol. The molecule has 0 saturated carbocycles. The third kappa shape index (κ3) is 16.2. The summed E-state index contributed by atoms with van der Waals surface area (Å²) in [5.74, 6) is -0.313. The van der Waals surface area contributed by atoms with Gasteiger partial charge in [-0.15, -0.1) is 0 Å². The molecule has 0 aliphatic carbocycles. The number of ketones is 1. The second-order valence-corrected chi connectivity index (χ2v) is 7.02. The highest BCUT2D eigenvalue weighted by molar-refractivity contribution is 6.01. The average molecular weight is 462 g/mol. The number of rotatable bonds is 8. The molecule has 0 heterocycles. The molecule has 33 heavy (non-hydrogen) atoms. The maximum Gasteiger partial charge on any atom is 0.245 e. The number of benzene rings is 1. The number of amides is 2. The summed E-state index contributed by atoms with van der Waals surface area (Å²) >= 11 is 0. The summed E-state index contributed by atoms with van der Waals surface area (Å²) in [6, 6.07) is 7.19. The Bertz CT molecular complexity index is 764. The van der Waals surface area contributed by atoms with Crippen molar-refractivity contribution in [1.29, 1.82) is 0 Å². The standard InChI is InChI=1S/C17H24N2O2.C5H7NO2.2C2H6/c1-6-11-17(4,5)16(21)19-18-12(2)14-7-9-15(10-8-14)13(3)20;1-6-5(8)3-2-4-7;2*1-2/h7-10H,6,11H2,1-5H3,(H,19,21);2-4H,1H3,(H,6,8);2*1-2H3/b18-12+;3-2-;;. The molecule has 2 N–H and O–H groups in total. The third-order valence-corrected chi connectivity index (χ3v) is 4.10. The number of carbonyl (C=O) groups excluding carboxylic acids is 4. The summed E-state index contributed by atoms with van der Waals surface area (Å²) in [6.07, 6.45) is 4.62. The Labute approximate surface area is 200 Å². The summed E-state index contributed by atoms with van der Waals surface area (Å²) in [4.78, 5) is 43.1. The maximum absolute atomic E-state index is 12.1. The zero-order valence-electron chi connectivity index (χ0n) is 22.0. The van der Waals surface area contributed by atoms with Crippen LogP contribution in [0.5, 0.6) is 0 Å². The van der Waals surface area contributed by atoms with E-state index in [0.29, 0.717) is 17.6 Å². The van der Waals surface area contributed by atoms with Gasteiger partial charge in [-0.25, -0.2) is 5.43 Å². The van der Waals surface area contributed by atoms with E-state index in [0.717, 1.165) is 30.6 Å². The lowest BCUT2D eigenvalue weighted by Gasteiger charge is -2.21. The fraction of sp³-hybridized carbons (Fsp3) is 0.500. The molecule has 186 valence electrons. The lowest BCUT2D eigenvalue weighted by molar-refractivity contribution is -0.129. The van der Waals surface area contributed by atoms with Crippen molar-refractivity contribution in [3.8, 4) is 0 Å². The lowest BCUT2D eigenvalue weighted by atomic mass is 9.87. The van der Waals surface area contributed by atoms with Gasteiger partial charge in [-0.05, 0) is 31.9 Å². The number of hydrazone groups is 1. The van der Waals surface area contributed by atoms with Gasteiger partial charge in [-0.2, -0.15) is 5.10 Å². The first-order valence-corrected chi connectivity index (χ1v) is 11.4. The molecule has 0 saturated heterocycles. The fourth-order valence-electron chi connectivity index (χ4n) is 2.25. The van der Waals surface area contributed by atoms with Crippen molar-refractivity contribution in [3.63, 3.8) is 0 Å². The van der Waals surface area contributed by atoms with Crippen LogP contribution in [0.25, 0.3) is 0 Å². The number of allylic oxidation sites excluding steroid dienone is 1. The predicted octanol–water partition coefficient (Wildman–Crippen LogP) is 5.10. The molecule has 7 nitrogen and oxygen atoms in total. The van der Waals surface area contributed by atoms with E-state index in [1.54, 1.807) is 12.1 Å². The van der Waals surface area contributed by atoms with Gasteiger partial charge in [0, 0.05) is 24.1 Å². The van der Waals surface area contributed by atoms with Crippen molar-refractivity contribution in [2.75, 3.05) is 7.05 Å². The van der Waals surface area contributed by atoms with Crippen LogP contribution in [-0.4, -0.2) is 36.6 Å². The van der Waals surface area contributed by atoms with E-state index < -0.39 is 5.41 Å². The molecule has 0 bridgehead atoms. The van der Waals surface area contributed by atoms with E-state index in [9.17, 15) is 19.2 Å². The van der Waals surface area contributed by atoms with Gasteiger partial charge < -0.3 is 5.32 Å². The Balaban J connectivity index is -0.000000628. The minimum Gasteiger partial charge on any atom is -0.356 e. The van der Waals surface area contributed by atoms with Gasteiger partial charge in [0.15, 0.2) is 5.78 Å². The smallest absolute Gasteiger partial charge is 0.245 e. The highest BCUT2D eigenvalue weighted by Crippen LogP contribution is 2.22. The second-order valence-electron chi connectivity index (χ2n) is 7.02. The molecule has 0 unspecified atom stereocenters. The first-order chi connectivity index (χ1) is 15.6. The lowest BCUT2D eigenvalue weighted by Crippen LogP contribution is -2.34. The van der Waals surface area contributed by atoms with Crippen LogP contribution in [0.15, 0.2) is 41.5 Å². The van der Waals surface area contributed by atoms with Crippen LogP contribution in [0.1, 0.15) is 91.1 Å². The van der Waals surface area contributed by atoms with Crippen molar-refractivity contribution in [2.45, 2.75) is 75.2 Å². The van der Waals surface area contributed by atoms with Crippen molar-refractivity contribution in [2.24, 2.45) is 10.5 Å². The zero-order chi connectivity index (χ0) is 26.4. The summed E-state index contributed by atoms with van der Waals surface area (Å²) in [6.45, 7) is 17.2. The third-order valence-electron chi connectivity index (χ3n) is 4.10. The number of Topliss-reactive ketones (excluding diaryl/α,β-unsaturated/α-hetero) is 1. The number of nitrogens with zero attached hydrogens (tertiary/aromatic N) is 1. The zero-order valence-corrected chi connectivity index (χ0v) is 22.0. The van der Waals surface area contributed by atoms with E-state index in [1.807, 2.05) is 60.6 Å². The number of nitrogens with one attached hydrogen (secondary N) is 2. The number of aldehydes is 1. The van der Waals surface area contributed by atoms with E-state index in [4.69, 9.17) is 0 Å². The van der Waals surface area contributed by atoms with Gasteiger partial charge in [0.1, 0.15) is 6.29 Å². The van der Waals surface area contributed by atoms with E-state index in [2.05, 4.69) is 22.8 Å². The monoisotopic (exact) mass is 461 g/mol. The Morgan fingerprint density at radius 2 is 1.45 bits per heavy atom. The molecule has 0 atom stereocenters. The topological polar surface area (TPSA) is 105 Å². The van der Waals surface area contributed by atoms with E-state index >= 15 is 0 Å². The quantitative estimate of drug-likeness (QED) is 0.185. The SMILES string of the molecule is CC.CC.CCCC(C)(C)C(=O)N/N=C(\C)c1ccc(C(C)=O)cc1.CNC(=O)/C=C\C=O. The number of hydrogen-bond donors (Lipinski definition) is 2. The number of likely N-dealkylation sites (N-methyl/N-ethyl adjacent to an activating group) is 1. The number of hydrogen-bond acceptors (Lipinski definition) is 5. The first kappa shape index (κ1) is 34.5. The van der Waals surface area contributed by atoms with Crippen molar-refractivity contribution < 1.29 is 19.2 Å². The molecule has 0 fully saturated rings. The van der Waals surface area contributed by atoms with Crippen molar-refractivity contribution in [1.82, 2.24) is 10.7 Å². The summed E-state index contributed by atoms with van der Waals surface area (Å²) < 4.78 is 0. The van der Waals surface area contributed by atoms with Gasteiger partial charge in [0.25, 0.3) is 0 Å². The van der Waals surface area contributed by atoms with Crippen LogP contribution in [0, 0.1) is 5.41 Å². The molecule has 2 amide bonds. The van der Waals surface area contributed by atoms with Gasteiger partial charge >= 0.3 is 0 Å². The molecule has 1 aromatic rings. The molecule has 0 aliphatic heterocycles.